The van der Waals surface area contributed by atoms with Gasteiger partial charge < -0.3 is 9.64 Å². The van der Waals surface area contributed by atoms with Crippen LogP contribution in [0.5, 0.6) is 5.75 Å². The summed E-state index contributed by atoms with van der Waals surface area (Å²) in [5.74, 6) is 0.809. The minimum absolute atomic E-state index is 0.0809. The smallest absolute Gasteiger partial charge is 0.257 e. The molecule has 0 spiro atoms. The third-order valence-corrected chi connectivity index (χ3v) is 7.30. The van der Waals surface area contributed by atoms with Crippen molar-refractivity contribution in [2.45, 2.75) is 44.4 Å². The Morgan fingerprint density at radius 1 is 1.13 bits per heavy atom. The lowest BCUT2D eigenvalue weighted by molar-refractivity contribution is 0.0693. The predicted molar refractivity (Wildman–Crippen MR) is 122 cm³/mol. The Bertz CT molecular complexity index is 995. The van der Waals surface area contributed by atoms with Crippen LogP contribution in [0.3, 0.4) is 0 Å². The molecular formula is C24H32N2O4S. The molecule has 2 aromatic rings. The number of benzene rings is 2. The van der Waals surface area contributed by atoms with Crippen LogP contribution in [0.15, 0.2) is 47.4 Å². The maximum Gasteiger partial charge on any atom is 0.257 e. The van der Waals surface area contributed by atoms with Crippen LogP contribution in [0.1, 0.15) is 47.7 Å². The molecule has 1 aliphatic rings. The summed E-state index contributed by atoms with van der Waals surface area (Å²) in [7, 11) is -2.23. The molecular weight excluding hydrogens is 412 g/mol. The third kappa shape index (κ3) is 6.08. The fraction of sp³-hybridized carbons (Fsp3) is 0.458. The molecule has 1 saturated heterocycles. The van der Waals surface area contributed by atoms with Gasteiger partial charge in [0.2, 0.25) is 10.0 Å². The van der Waals surface area contributed by atoms with E-state index in [-0.39, 0.29) is 10.8 Å². The van der Waals surface area contributed by atoms with E-state index >= 15 is 0 Å². The number of nitrogens with zero attached hydrogens (tertiary/aromatic N) is 1. The lowest BCUT2D eigenvalue weighted by Crippen LogP contribution is -2.38. The average molecular weight is 445 g/mol. The molecule has 1 fully saturated rings. The summed E-state index contributed by atoms with van der Waals surface area (Å²) >= 11 is 0. The second-order valence-electron chi connectivity index (χ2n) is 8.32. The lowest BCUT2D eigenvalue weighted by atomic mass is 9.98. The van der Waals surface area contributed by atoms with Crippen LogP contribution in [0, 0.1) is 12.8 Å². The number of methoxy groups -OCH3 is 1. The first kappa shape index (κ1) is 23.3. The predicted octanol–water partition coefficient (Wildman–Crippen LogP) is 3.79. The highest BCUT2D eigenvalue weighted by molar-refractivity contribution is 7.89. The number of ether oxygens (including phenoxy) is 1. The van der Waals surface area contributed by atoms with E-state index < -0.39 is 10.0 Å². The molecule has 0 aliphatic carbocycles. The number of carbonyl (C=O) groups excluding carboxylic acids is 1. The molecule has 0 saturated carbocycles. The largest absolute Gasteiger partial charge is 0.496 e. The summed E-state index contributed by atoms with van der Waals surface area (Å²) < 4.78 is 33.6. The minimum Gasteiger partial charge on any atom is -0.496 e. The van der Waals surface area contributed by atoms with Gasteiger partial charge in [-0.1, -0.05) is 36.8 Å². The molecule has 1 heterocycles. The van der Waals surface area contributed by atoms with Gasteiger partial charge in [0.15, 0.2) is 0 Å². The Hall–Kier alpha value is -2.38. The minimum atomic E-state index is -3.72. The number of aryl methyl sites for hydroxylation is 2. The van der Waals surface area contributed by atoms with Crippen LogP contribution in [0.2, 0.25) is 0 Å². The summed E-state index contributed by atoms with van der Waals surface area (Å²) in [6, 6.07) is 12.7. The molecule has 6 nitrogen and oxygen atoms in total. The molecule has 1 N–H and O–H groups in total. The fourth-order valence-corrected chi connectivity index (χ4v) is 4.84. The number of rotatable bonds is 8. The van der Waals surface area contributed by atoms with Gasteiger partial charge in [-0.3, -0.25) is 4.79 Å². The lowest BCUT2D eigenvalue weighted by Gasteiger charge is -2.30. The van der Waals surface area contributed by atoms with Gasteiger partial charge in [-0.15, -0.1) is 0 Å². The molecule has 0 aromatic heterocycles. The van der Waals surface area contributed by atoms with Crippen LogP contribution < -0.4 is 9.46 Å². The topological polar surface area (TPSA) is 75.7 Å². The van der Waals surface area contributed by atoms with E-state index in [4.69, 9.17) is 4.74 Å². The first-order chi connectivity index (χ1) is 14.8. The van der Waals surface area contributed by atoms with E-state index in [1.165, 1.54) is 30.4 Å². The van der Waals surface area contributed by atoms with Gasteiger partial charge in [-0.2, -0.15) is 0 Å². The molecule has 1 amide bonds. The van der Waals surface area contributed by atoms with Gasteiger partial charge in [0.25, 0.3) is 5.91 Å². The first-order valence-corrected chi connectivity index (χ1v) is 12.3. The number of carbonyl (C=O) groups is 1. The second kappa shape index (κ2) is 10.3. The van der Waals surface area contributed by atoms with E-state index in [1.54, 1.807) is 11.0 Å². The highest BCUT2D eigenvalue weighted by atomic mass is 32.2. The molecule has 2 aromatic carbocycles. The third-order valence-electron chi connectivity index (χ3n) is 5.84. The van der Waals surface area contributed by atoms with Crippen LogP contribution >= 0.6 is 0 Å². The number of hydrogen-bond donors (Lipinski definition) is 1. The van der Waals surface area contributed by atoms with Crippen LogP contribution in [0.4, 0.5) is 0 Å². The zero-order chi connectivity index (χ0) is 22.4. The standard InChI is InChI=1S/C24H32N2O4S/c1-18-6-8-20(9-7-18)5-4-14-25-31(28,29)21-10-11-23(30-3)22(17-21)24(27)26-15-12-19(2)13-16-26/h6-11,17,19,25H,4-5,12-16H2,1-3H3. The highest BCUT2D eigenvalue weighted by Gasteiger charge is 2.26. The SMILES string of the molecule is COc1ccc(S(=O)(=O)NCCCc2ccc(C)cc2)cc1C(=O)N1CCC(C)CC1. The maximum atomic E-state index is 13.0. The summed E-state index contributed by atoms with van der Waals surface area (Å²) in [6.45, 7) is 5.90. The molecule has 0 atom stereocenters. The summed E-state index contributed by atoms with van der Waals surface area (Å²) in [5, 5.41) is 0. The molecule has 7 heteroatoms. The van der Waals surface area contributed by atoms with Gasteiger partial charge in [-0.25, -0.2) is 13.1 Å². The van der Waals surface area contributed by atoms with Crippen LogP contribution in [-0.4, -0.2) is 46.0 Å². The van der Waals surface area contributed by atoms with Crippen molar-refractivity contribution in [3.63, 3.8) is 0 Å². The molecule has 31 heavy (non-hydrogen) atoms. The van der Waals surface area contributed by atoms with Crippen molar-refractivity contribution in [3.8, 4) is 5.75 Å². The Morgan fingerprint density at radius 2 is 1.81 bits per heavy atom. The van der Waals surface area contributed by atoms with E-state index in [0.717, 1.165) is 19.3 Å². The van der Waals surface area contributed by atoms with Crippen molar-refractivity contribution in [1.82, 2.24) is 9.62 Å². The molecule has 1 aliphatic heterocycles. The maximum absolute atomic E-state index is 13.0. The number of piperidine rings is 1. The Morgan fingerprint density at radius 3 is 2.45 bits per heavy atom. The Balaban J connectivity index is 1.67. The van der Waals surface area contributed by atoms with E-state index in [2.05, 4.69) is 35.9 Å². The zero-order valence-electron chi connectivity index (χ0n) is 18.6. The number of hydrogen-bond acceptors (Lipinski definition) is 4. The van der Waals surface area contributed by atoms with Gasteiger partial charge in [0, 0.05) is 19.6 Å². The number of sulfonamides is 1. The van der Waals surface area contributed by atoms with E-state index in [9.17, 15) is 13.2 Å². The fourth-order valence-electron chi connectivity index (χ4n) is 3.74. The van der Waals surface area contributed by atoms with Gasteiger partial charge >= 0.3 is 0 Å². The summed E-state index contributed by atoms with van der Waals surface area (Å²) in [6.07, 6.45) is 3.39. The average Bonchev–Trinajstić information content (AvgIpc) is 2.77. The van der Waals surface area contributed by atoms with Crippen LogP contribution in [0.25, 0.3) is 0 Å². The monoisotopic (exact) mass is 444 g/mol. The first-order valence-electron chi connectivity index (χ1n) is 10.8. The van der Waals surface area contributed by atoms with Gasteiger partial charge in [0.05, 0.1) is 17.6 Å². The van der Waals surface area contributed by atoms with Crippen molar-refractivity contribution >= 4 is 15.9 Å². The van der Waals surface area contributed by atoms with Crippen molar-refractivity contribution in [2.24, 2.45) is 5.92 Å². The molecule has 0 radical (unpaired) electrons. The van der Waals surface area contributed by atoms with Crippen molar-refractivity contribution in [2.75, 3.05) is 26.7 Å². The molecule has 3 rings (SSSR count). The molecule has 0 bridgehead atoms. The molecule has 0 unspecified atom stereocenters. The normalized spacial score (nSPS) is 15.1. The second-order valence-corrected chi connectivity index (χ2v) is 10.1. The van der Waals surface area contributed by atoms with Crippen LogP contribution in [-0.2, 0) is 16.4 Å². The van der Waals surface area contributed by atoms with E-state index in [1.807, 2.05) is 6.92 Å². The number of nitrogens with one attached hydrogen (secondary N) is 1. The Kier molecular flexibility index (Phi) is 7.73. The van der Waals surface area contributed by atoms with Crippen molar-refractivity contribution < 1.29 is 17.9 Å². The summed E-state index contributed by atoms with van der Waals surface area (Å²) in [5.41, 5.74) is 2.67. The molecule has 168 valence electrons. The number of amides is 1. The van der Waals surface area contributed by atoms with Gasteiger partial charge in [-0.05, 0) is 62.3 Å². The quantitative estimate of drug-likeness (QED) is 0.629. The highest BCUT2D eigenvalue weighted by Crippen LogP contribution is 2.26. The van der Waals surface area contributed by atoms with Crippen molar-refractivity contribution in [3.05, 3.63) is 59.2 Å². The van der Waals surface area contributed by atoms with E-state index in [0.29, 0.717) is 43.3 Å². The zero-order valence-corrected chi connectivity index (χ0v) is 19.4. The van der Waals surface area contributed by atoms with Gasteiger partial charge in [0.1, 0.15) is 5.75 Å². The summed E-state index contributed by atoms with van der Waals surface area (Å²) in [4.78, 5) is 14.9. The number of likely N-dealkylation sites (tertiary alicyclic amines) is 1. The Labute approximate surface area is 185 Å². The van der Waals surface area contributed by atoms with Crippen molar-refractivity contribution in [1.29, 1.82) is 0 Å².